The number of unbranched alkanes of at least 4 members (excludes halogenated alkanes) is 1. The van der Waals surface area contributed by atoms with Crippen LogP contribution in [0.3, 0.4) is 0 Å². The maximum atomic E-state index is 2.45. The Balaban J connectivity index is 2.05. The molecular formula is C11H16S. The highest BCUT2D eigenvalue weighted by atomic mass is 32.1. The molecule has 0 nitrogen and oxygen atoms in total. The van der Waals surface area contributed by atoms with Gasteiger partial charge in [-0.25, -0.2) is 0 Å². The summed E-state index contributed by atoms with van der Waals surface area (Å²) in [6.45, 7) is 2.27. The summed E-state index contributed by atoms with van der Waals surface area (Å²) in [6, 6.07) is 2.45. The summed E-state index contributed by atoms with van der Waals surface area (Å²) in [5, 5.41) is 0. The van der Waals surface area contributed by atoms with E-state index in [2.05, 4.69) is 24.3 Å². The number of rotatable bonds is 3. The largest absolute Gasteiger partial charge is 0.145 e. The fraction of sp³-hybridized carbons (Fsp3) is 0.636. The van der Waals surface area contributed by atoms with Gasteiger partial charge in [0, 0.05) is 9.75 Å². The minimum absolute atomic E-state index is 1.31. The lowest BCUT2D eigenvalue weighted by atomic mass is 10.2. The molecule has 1 heterocycles. The molecule has 1 aliphatic rings. The van der Waals surface area contributed by atoms with Crippen molar-refractivity contribution in [3.8, 4) is 0 Å². The molecule has 0 saturated carbocycles. The minimum Gasteiger partial charge on any atom is -0.145 e. The van der Waals surface area contributed by atoms with E-state index in [0.717, 1.165) is 0 Å². The van der Waals surface area contributed by atoms with E-state index in [4.69, 9.17) is 0 Å². The van der Waals surface area contributed by atoms with Crippen LogP contribution in [0, 0.1) is 0 Å². The molecule has 0 amide bonds. The monoisotopic (exact) mass is 180 g/mol. The zero-order valence-electron chi connectivity index (χ0n) is 7.73. The SMILES string of the molecule is CCCCc1cc2c(s1)CCC2. The van der Waals surface area contributed by atoms with E-state index in [1.165, 1.54) is 38.5 Å². The summed E-state index contributed by atoms with van der Waals surface area (Å²) in [6.07, 6.45) is 8.09. The molecule has 0 bridgehead atoms. The topological polar surface area (TPSA) is 0 Å². The Hall–Kier alpha value is -0.300. The highest BCUT2D eigenvalue weighted by Gasteiger charge is 2.13. The molecule has 0 fully saturated rings. The first kappa shape index (κ1) is 8.31. The number of thiophene rings is 1. The van der Waals surface area contributed by atoms with E-state index in [1.807, 2.05) is 0 Å². The van der Waals surface area contributed by atoms with Gasteiger partial charge in [-0.1, -0.05) is 13.3 Å². The van der Waals surface area contributed by atoms with Crippen LogP contribution in [0.5, 0.6) is 0 Å². The number of hydrogen-bond acceptors (Lipinski definition) is 1. The summed E-state index contributed by atoms with van der Waals surface area (Å²) < 4.78 is 0. The summed E-state index contributed by atoms with van der Waals surface area (Å²) in [4.78, 5) is 3.31. The molecule has 0 spiro atoms. The molecule has 0 atom stereocenters. The maximum Gasteiger partial charge on any atom is 0.00802 e. The maximum absolute atomic E-state index is 2.45. The molecule has 0 aliphatic heterocycles. The Morgan fingerprint density at radius 3 is 3.08 bits per heavy atom. The van der Waals surface area contributed by atoms with Crippen molar-refractivity contribution in [1.82, 2.24) is 0 Å². The summed E-state index contributed by atoms with van der Waals surface area (Å²) in [7, 11) is 0. The number of fused-ring (bicyclic) bond motifs is 1. The number of hydrogen-bond donors (Lipinski definition) is 0. The highest BCUT2D eigenvalue weighted by molar-refractivity contribution is 7.12. The average molecular weight is 180 g/mol. The highest BCUT2D eigenvalue weighted by Crippen LogP contribution is 2.31. The summed E-state index contributed by atoms with van der Waals surface area (Å²) >= 11 is 2.06. The van der Waals surface area contributed by atoms with Crippen LogP contribution >= 0.6 is 11.3 Å². The second-order valence-corrected chi connectivity index (χ2v) is 4.84. The molecule has 1 aromatic heterocycles. The average Bonchev–Trinajstić information content (AvgIpc) is 2.58. The molecule has 12 heavy (non-hydrogen) atoms. The third-order valence-corrected chi connectivity index (χ3v) is 3.87. The van der Waals surface area contributed by atoms with E-state index in [0.29, 0.717) is 0 Å². The van der Waals surface area contributed by atoms with Gasteiger partial charge in [0.05, 0.1) is 0 Å². The van der Waals surface area contributed by atoms with Crippen molar-refractivity contribution in [2.45, 2.75) is 45.4 Å². The second kappa shape index (κ2) is 3.61. The molecular weight excluding hydrogens is 164 g/mol. The second-order valence-electron chi connectivity index (χ2n) is 3.62. The van der Waals surface area contributed by atoms with E-state index >= 15 is 0 Å². The first-order chi connectivity index (χ1) is 5.90. The zero-order valence-corrected chi connectivity index (χ0v) is 8.54. The molecule has 1 heteroatoms. The normalized spacial score (nSPS) is 15.1. The van der Waals surface area contributed by atoms with Gasteiger partial charge in [-0.15, -0.1) is 11.3 Å². The third kappa shape index (κ3) is 1.56. The zero-order chi connectivity index (χ0) is 8.39. The summed E-state index contributed by atoms with van der Waals surface area (Å²) in [5.74, 6) is 0. The van der Waals surface area contributed by atoms with Crippen LogP contribution in [-0.2, 0) is 19.3 Å². The van der Waals surface area contributed by atoms with Gasteiger partial charge >= 0.3 is 0 Å². The van der Waals surface area contributed by atoms with Gasteiger partial charge in [-0.05, 0) is 43.7 Å². The van der Waals surface area contributed by atoms with Gasteiger partial charge in [0.15, 0.2) is 0 Å². The Morgan fingerprint density at radius 1 is 1.42 bits per heavy atom. The number of aryl methyl sites for hydroxylation is 3. The molecule has 0 aromatic carbocycles. The van der Waals surface area contributed by atoms with Gasteiger partial charge < -0.3 is 0 Å². The van der Waals surface area contributed by atoms with Crippen LogP contribution in [0.1, 0.15) is 41.5 Å². The van der Waals surface area contributed by atoms with Gasteiger partial charge in [0.25, 0.3) is 0 Å². The van der Waals surface area contributed by atoms with Crippen LogP contribution in [0.2, 0.25) is 0 Å². The van der Waals surface area contributed by atoms with Crippen molar-refractivity contribution in [1.29, 1.82) is 0 Å². The lowest BCUT2D eigenvalue weighted by Crippen LogP contribution is -1.78. The van der Waals surface area contributed by atoms with E-state index in [9.17, 15) is 0 Å². The van der Waals surface area contributed by atoms with Crippen molar-refractivity contribution < 1.29 is 0 Å². The van der Waals surface area contributed by atoms with Gasteiger partial charge in [-0.3, -0.25) is 0 Å². The minimum atomic E-state index is 1.31. The quantitative estimate of drug-likeness (QED) is 0.667. The lowest BCUT2D eigenvalue weighted by Gasteiger charge is -1.93. The lowest BCUT2D eigenvalue weighted by molar-refractivity contribution is 0.803. The Bertz CT molecular complexity index is 238. The molecule has 2 rings (SSSR count). The first-order valence-electron chi connectivity index (χ1n) is 5.00. The van der Waals surface area contributed by atoms with Gasteiger partial charge in [-0.2, -0.15) is 0 Å². The molecule has 0 saturated heterocycles. The fourth-order valence-electron chi connectivity index (χ4n) is 1.86. The Morgan fingerprint density at radius 2 is 2.33 bits per heavy atom. The summed E-state index contributed by atoms with van der Waals surface area (Å²) in [5.41, 5.74) is 1.66. The first-order valence-corrected chi connectivity index (χ1v) is 5.82. The van der Waals surface area contributed by atoms with Crippen molar-refractivity contribution >= 4 is 11.3 Å². The predicted molar refractivity (Wildman–Crippen MR) is 55.0 cm³/mol. The fourth-order valence-corrected chi connectivity index (χ4v) is 3.17. The van der Waals surface area contributed by atoms with Crippen molar-refractivity contribution in [3.05, 3.63) is 21.4 Å². The van der Waals surface area contributed by atoms with Crippen LogP contribution in [0.25, 0.3) is 0 Å². The smallest absolute Gasteiger partial charge is 0.00802 e. The van der Waals surface area contributed by atoms with Gasteiger partial charge in [0.2, 0.25) is 0 Å². The third-order valence-electron chi connectivity index (χ3n) is 2.57. The van der Waals surface area contributed by atoms with E-state index < -0.39 is 0 Å². The Kier molecular flexibility index (Phi) is 2.50. The van der Waals surface area contributed by atoms with Crippen LogP contribution in [0.15, 0.2) is 6.07 Å². The standard InChI is InChI=1S/C11H16S/c1-2-3-6-10-8-9-5-4-7-11(9)12-10/h8H,2-7H2,1H3. The molecule has 1 aromatic rings. The van der Waals surface area contributed by atoms with Crippen molar-refractivity contribution in [3.63, 3.8) is 0 Å². The van der Waals surface area contributed by atoms with Crippen LogP contribution in [-0.4, -0.2) is 0 Å². The predicted octanol–water partition coefficient (Wildman–Crippen LogP) is 3.58. The molecule has 0 radical (unpaired) electrons. The molecule has 66 valence electrons. The van der Waals surface area contributed by atoms with Gasteiger partial charge in [0.1, 0.15) is 0 Å². The molecule has 1 aliphatic carbocycles. The molecule has 0 N–H and O–H groups in total. The molecule has 0 unspecified atom stereocenters. The van der Waals surface area contributed by atoms with E-state index in [1.54, 1.807) is 15.3 Å². The van der Waals surface area contributed by atoms with Crippen LogP contribution in [0.4, 0.5) is 0 Å². The Labute approximate surface area is 78.6 Å². The van der Waals surface area contributed by atoms with E-state index in [-0.39, 0.29) is 0 Å². The van der Waals surface area contributed by atoms with Crippen LogP contribution < -0.4 is 0 Å². The van der Waals surface area contributed by atoms with Crippen molar-refractivity contribution in [2.75, 3.05) is 0 Å². The van der Waals surface area contributed by atoms with Crippen molar-refractivity contribution in [2.24, 2.45) is 0 Å².